The van der Waals surface area contributed by atoms with Gasteiger partial charge in [0.1, 0.15) is 17.6 Å². The quantitative estimate of drug-likeness (QED) is 0.350. The van der Waals surface area contributed by atoms with Crippen LogP contribution < -0.4 is 15.8 Å². The van der Waals surface area contributed by atoms with Gasteiger partial charge in [-0.3, -0.25) is 19.5 Å². The van der Waals surface area contributed by atoms with Crippen LogP contribution in [-0.4, -0.2) is 58.5 Å². The molecule has 0 aliphatic heterocycles. The maximum atomic E-state index is 13.3. The van der Waals surface area contributed by atoms with E-state index in [1.165, 1.54) is 11.9 Å². The number of carbonyl (C=O) groups excluding carboxylic acids is 2. The number of nitrogens with one attached hydrogen (secondary N) is 1. The van der Waals surface area contributed by atoms with Crippen molar-refractivity contribution in [1.82, 2.24) is 10.2 Å². The molecule has 10 heteroatoms. The topological polar surface area (TPSA) is 142 Å². The molecule has 176 valence electrons. The molecule has 1 aromatic rings. The fourth-order valence-corrected chi connectivity index (χ4v) is 4.56. The number of likely N-dealkylation sites (N-methyl/N-ethyl adjacent to an activating group) is 1. The molecule has 0 saturated heterocycles. The first-order chi connectivity index (χ1) is 14.3. The van der Waals surface area contributed by atoms with Crippen LogP contribution in [0.4, 0.5) is 0 Å². The largest absolute Gasteiger partial charge is 0.497 e. The Hall–Kier alpha value is -1.93. The van der Waals surface area contributed by atoms with Crippen molar-refractivity contribution >= 4 is 19.4 Å². The Labute approximate surface area is 184 Å². The van der Waals surface area contributed by atoms with Gasteiger partial charge in [-0.25, -0.2) is 0 Å². The van der Waals surface area contributed by atoms with Crippen molar-refractivity contribution in [3.05, 3.63) is 29.8 Å². The van der Waals surface area contributed by atoms with Gasteiger partial charge in [-0.1, -0.05) is 39.8 Å². The van der Waals surface area contributed by atoms with Gasteiger partial charge in [-0.05, 0) is 36.0 Å². The van der Waals surface area contributed by atoms with Crippen LogP contribution in [0.5, 0.6) is 5.75 Å². The smallest absolute Gasteiger partial charge is 0.342 e. The third-order valence-corrected chi connectivity index (χ3v) is 6.57. The molecule has 0 aliphatic rings. The van der Waals surface area contributed by atoms with Crippen molar-refractivity contribution in [2.75, 3.05) is 14.2 Å². The zero-order valence-corrected chi connectivity index (χ0v) is 20.0. The maximum Gasteiger partial charge on any atom is 0.342 e. The van der Waals surface area contributed by atoms with Gasteiger partial charge in [0.15, 0.2) is 0 Å². The van der Waals surface area contributed by atoms with Crippen molar-refractivity contribution in [3.63, 3.8) is 0 Å². The maximum absolute atomic E-state index is 13.3. The molecule has 0 fully saturated rings. The lowest BCUT2D eigenvalue weighted by molar-refractivity contribution is -0.139. The molecule has 1 rings (SSSR count). The molecule has 0 aliphatic carbocycles. The number of amides is 2. The predicted octanol–water partition coefficient (Wildman–Crippen LogP) is 1.71. The molecular weight excluding hydrogens is 421 g/mol. The third kappa shape index (κ3) is 8.26. The van der Waals surface area contributed by atoms with E-state index in [4.69, 9.17) is 10.5 Å². The van der Waals surface area contributed by atoms with E-state index in [1.54, 1.807) is 45.2 Å². The van der Waals surface area contributed by atoms with Crippen LogP contribution in [0.25, 0.3) is 0 Å². The first-order valence-electron chi connectivity index (χ1n) is 10.3. The van der Waals surface area contributed by atoms with Crippen LogP contribution in [-0.2, 0) is 20.6 Å². The summed E-state index contributed by atoms with van der Waals surface area (Å²) < 4.78 is 17.1. The highest BCUT2D eigenvalue weighted by Crippen LogP contribution is 2.43. The number of methoxy groups -OCH3 is 1. The summed E-state index contributed by atoms with van der Waals surface area (Å²) in [6, 6.07) is 5.31. The highest BCUT2D eigenvalue weighted by Gasteiger charge is 2.38. The highest BCUT2D eigenvalue weighted by atomic mass is 31.2. The lowest BCUT2D eigenvalue weighted by Gasteiger charge is -2.34. The van der Waals surface area contributed by atoms with E-state index in [9.17, 15) is 23.9 Å². The van der Waals surface area contributed by atoms with Gasteiger partial charge in [0.25, 0.3) is 0 Å². The molecule has 3 atom stereocenters. The second kappa shape index (κ2) is 11.6. The van der Waals surface area contributed by atoms with Crippen LogP contribution in [0, 0.1) is 11.8 Å². The van der Waals surface area contributed by atoms with E-state index in [0.717, 1.165) is 5.56 Å². The number of rotatable bonds is 12. The van der Waals surface area contributed by atoms with Gasteiger partial charge < -0.3 is 25.2 Å². The molecule has 0 aromatic heterocycles. The van der Waals surface area contributed by atoms with E-state index < -0.39 is 43.2 Å². The van der Waals surface area contributed by atoms with Gasteiger partial charge in [0, 0.05) is 13.5 Å². The lowest BCUT2D eigenvalue weighted by atomic mass is 9.99. The molecule has 1 unspecified atom stereocenters. The molecule has 31 heavy (non-hydrogen) atoms. The fraction of sp³-hybridized carbons (Fsp3) is 0.619. The monoisotopic (exact) mass is 457 g/mol. The minimum atomic E-state index is -4.49. The molecule has 2 amide bonds. The first-order valence-corrected chi connectivity index (χ1v) is 12.0. The Morgan fingerprint density at radius 3 is 2.10 bits per heavy atom. The SMILES string of the molecule is COc1ccc(C[C@@H](C(N)=O)N(C)C(=O)[C@H](CC(C)C)NC(C(C)C)P(=O)(O)O)cc1. The van der Waals surface area contributed by atoms with E-state index in [-0.39, 0.29) is 12.3 Å². The summed E-state index contributed by atoms with van der Waals surface area (Å²) in [7, 11) is -1.45. The number of hydrogen-bond acceptors (Lipinski definition) is 5. The summed E-state index contributed by atoms with van der Waals surface area (Å²) in [5.41, 5.74) is 6.40. The van der Waals surface area contributed by atoms with Crippen LogP contribution in [0.1, 0.15) is 39.7 Å². The summed E-state index contributed by atoms with van der Waals surface area (Å²) in [6.07, 6.45) is 0.558. The van der Waals surface area contributed by atoms with E-state index in [0.29, 0.717) is 12.2 Å². The number of hydrogen-bond donors (Lipinski definition) is 4. The molecule has 9 nitrogen and oxygen atoms in total. The van der Waals surface area contributed by atoms with Crippen LogP contribution >= 0.6 is 7.60 Å². The van der Waals surface area contributed by atoms with Gasteiger partial charge in [0.05, 0.1) is 13.2 Å². The van der Waals surface area contributed by atoms with E-state index in [2.05, 4.69) is 5.32 Å². The first kappa shape index (κ1) is 27.1. The predicted molar refractivity (Wildman–Crippen MR) is 119 cm³/mol. The minimum Gasteiger partial charge on any atom is -0.497 e. The zero-order chi connectivity index (χ0) is 23.9. The van der Waals surface area contributed by atoms with Crippen molar-refractivity contribution in [1.29, 1.82) is 0 Å². The zero-order valence-electron chi connectivity index (χ0n) is 19.1. The Morgan fingerprint density at radius 2 is 1.71 bits per heavy atom. The molecule has 5 N–H and O–H groups in total. The molecule has 0 spiro atoms. The Balaban J connectivity index is 3.13. The number of primary amides is 1. The highest BCUT2D eigenvalue weighted by molar-refractivity contribution is 7.52. The van der Waals surface area contributed by atoms with Gasteiger partial charge >= 0.3 is 7.60 Å². The molecule has 0 heterocycles. The Kier molecular flexibility index (Phi) is 10.2. The summed E-state index contributed by atoms with van der Waals surface area (Å²) in [6.45, 7) is 7.17. The third-order valence-electron chi connectivity index (χ3n) is 5.10. The molecule has 0 bridgehead atoms. The fourth-order valence-electron chi connectivity index (χ4n) is 3.41. The van der Waals surface area contributed by atoms with Crippen LogP contribution in [0.2, 0.25) is 0 Å². The van der Waals surface area contributed by atoms with Gasteiger partial charge in [-0.2, -0.15) is 0 Å². The van der Waals surface area contributed by atoms with Crippen molar-refractivity contribution in [2.24, 2.45) is 17.6 Å². The summed E-state index contributed by atoms with van der Waals surface area (Å²) in [5, 5.41) is 2.86. The average Bonchev–Trinajstić information content (AvgIpc) is 2.66. The number of ether oxygens (including phenoxy) is 1. The molecule has 1 aromatic carbocycles. The number of nitrogens with two attached hydrogens (primary N) is 1. The Bertz CT molecular complexity index is 778. The second-order valence-corrected chi connectivity index (χ2v) is 10.3. The summed E-state index contributed by atoms with van der Waals surface area (Å²) >= 11 is 0. The van der Waals surface area contributed by atoms with E-state index in [1.807, 2.05) is 13.8 Å². The summed E-state index contributed by atoms with van der Waals surface area (Å²) in [4.78, 5) is 46.2. The standard InChI is InChI=1S/C21H36N3O6P/c1-13(2)11-17(23-20(14(3)4)31(27,28)29)21(26)24(5)18(19(22)25)12-15-7-9-16(30-6)10-8-15/h7-10,13-14,17-18,20,23H,11-12H2,1-6H3,(H2,22,25)(H2,27,28,29)/t17-,18-,20?/m0/s1. The normalized spacial score (nSPS) is 14.9. The van der Waals surface area contributed by atoms with Crippen molar-refractivity contribution in [3.8, 4) is 5.75 Å². The van der Waals surface area contributed by atoms with Crippen molar-refractivity contribution in [2.45, 2.75) is 58.4 Å². The van der Waals surface area contributed by atoms with Gasteiger partial charge in [0.2, 0.25) is 11.8 Å². The lowest BCUT2D eigenvalue weighted by Crippen LogP contribution is -2.55. The van der Waals surface area contributed by atoms with Crippen LogP contribution in [0.3, 0.4) is 0 Å². The number of benzene rings is 1. The Morgan fingerprint density at radius 1 is 1.16 bits per heavy atom. The number of nitrogens with zero attached hydrogens (tertiary/aromatic N) is 1. The molecular formula is C21H36N3O6P. The second-order valence-electron chi connectivity index (χ2n) is 8.55. The summed E-state index contributed by atoms with van der Waals surface area (Å²) in [5.74, 6) is -1.94. The number of carbonyl (C=O) groups is 2. The van der Waals surface area contributed by atoms with E-state index >= 15 is 0 Å². The average molecular weight is 458 g/mol. The molecule has 0 radical (unpaired) electrons. The minimum absolute atomic E-state index is 0.0769. The van der Waals surface area contributed by atoms with Gasteiger partial charge in [-0.15, -0.1) is 0 Å². The van der Waals surface area contributed by atoms with Crippen LogP contribution in [0.15, 0.2) is 24.3 Å². The molecule has 0 saturated carbocycles. The van der Waals surface area contributed by atoms with Crippen molar-refractivity contribution < 1.29 is 28.7 Å².